The number of hydrogen-bond donors (Lipinski definition) is 0. The van der Waals surface area contributed by atoms with Gasteiger partial charge in [-0.1, -0.05) is 31.3 Å². The quantitative estimate of drug-likeness (QED) is 0.162. The molecule has 0 heterocycles. The van der Waals surface area contributed by atoms with Crippen LogP contribution >= 0.6 is 0 Å². The molecule has 0 rings (SSSR count). The molecule has 0 saturated carbocycles. The molecule has 0 aliphatic heterocycles. The lowest BCUT2D eigenvalue weighted by molar-refractivity contribution is -0.139. The molecule has 0 spiro atoms. The Kier molecular flexibility index (Phi) is 8.19. The highest BCUT2D eigenvalue weighted by Crippen LogP contribution is 2.02. The zero-order valence-corrected chi connectivity index (χ0v) is 9.27. The molecule has 0 unspecified atom stereocenters. The van der Waals surface area contributed by atoms with Gasteiger partial charge < -0.3 is 4.74 Å². The normalized spacial score (nSPS) is 10.7. The Bertz CT molecular complexity index is 268. The van der Waals surface area contributed by atoms with Gasteiger partial charge in [-0.15, -0.1) is 0 Å². The second kappa shape index (κ2) is 9.09. The molecule has 0 aromatic rings. The minimum Gasteiger partial charge on any atom is -0.462 e. The monoisotopic (exact) mass is 211 g/mol. The maximum absolute atomic E-state index is 11.2. The van der Waals surface area contributed by atoms with Crippen molar-refractivity contribution >= 4 is 5.97 Å². The van der Waals surface area contributed by atoms with E-state index in [0.29, 0.717) is 12.2 Å². The molecule has 0 radical (unpaired) electrons. The van der Waals surface area contributed by atoms with Crippen LogP contribution in [0.2, 0.25) is 0 Å². The predicted octanol–water partition coefficient (Wildman–Crippen LogP) is 3.32. The Balaban J connectivity index is 3.69. The molecule has 84 valence electrons. The number of unbranched alkanes of at least 4 members (excludes halogenated alkanes) is 3. The Morgan fingerprint density at radius 1 is 1.47 bits per heavy atom. The average Bonchev–Trinajstić information content (AvgIpc) is 2.25. The molecule has 0 atom stereocenters. The third kappa shape index (κ3) is 7.58. The second-order valence-corrected chi connectivity index (χ2v) is 3.21. The van der Waals surface area contributed by atoms with Crippen LogP contribution < -0.4 is 0 Å². The van der Waals surface area contributed by atoms with E-state index in [0.717, 1.165) is 31.9 Å². The maximum atomic E-state index is 11.2. The summed E-state index contributed by atoms with van der Waals surface area (Å²) in [5.74, 6) is -0.418. The predicted molar refractivity (Wildman–Crippen MR) is 58.0 cm³/mol. The maximum Gasteiger partial charge on any atom is 0.333 e. The largest absolute Gasteiger partial charge is 0.462 e. The fraction of sp³-hybridized carbons (Fsp3) is 0.700. The van der Waals surface area contributed by atoms with Crippen LogP contribution in [-0.2, 0) is 9.53 Å². The van der Waals surface area contributed by atoms with Crippen LogP contribution in [0.4, 0.5) is 0 Å². The summed E-state index contributed by atoms with van der Waals surface area (Å²) >= 11 is 0. The number of carbonyl (C=O) groups is 1. The van der Waals surface area contributed by atoms with Gasteiger partial charge in [0.15, 0.2) is 0 Å². The zero-order valence-electron chi connectivity index (χ0n) is 9.27. The summed E-state index contributed by atoms with van der Waals surface area (Å²) < 4.78 is 4.96. The Hall–Kier alpha value is -1.48. The van der Waals surface area contributed by atoms with Crippen molar-refractivity contribution in [1.82, 2.24) is 0 Å². The molecule has 0 aromatic carbocycles. The topological polar surface area (TPSA) is 75.1 Å². The molecule has 0 aromatic heterocycles. The third-order valence-corrected chi connectivity index (χ3v) is 1.86. The lowest BCUT2D eigenvalue weighted by Gasteiger charge is -2.03. The van der Waals surface area contributed by atoms with Crippen molar-refractivity contribution in [1.29, 1.82) is 0 Å². The van der Waals surface area contributed by atoms with Crippen molar-refractivity contribution in [2.75, 3.05) is 6.61 Å². The van der Waals surface area contributed by atoms with Crippen LogP contribution in [0.1, 0.15) is 39.5 Å². The summed E-state index contributed by atoms with van der Waals surface area (Å²) in [5.41, 5.74) is 8.35. The molecule has 0 aliphatic carbocycles. The highest BCUT2D eigenvalue weighted by Gasteiger charge is 2.03. The summed E-state index contributed by atoms with van der Waals surface area (Å²) in [5, 5.41) is 3.17. The zero-order chi connectivity index (χ0) is 11.5. The number of hydrogen-bond acceptors (Lipinski definition) is 3. The van der Waals surface area contributed by atoms with Crippen LogP contribution in [0.25, 0.3) is 10.4 Å². The number of nitrogens with zero attached hydrogens (tertiary/aromatic N) is 3. The molecule has 0 saturated heterocycles. The van der Waals surface area contributed by atoms with Crippen molar-refractivity contribution in [3.05, 3.63) is 22.2 Å². The fourth-order valence-corrected chi connectivity index (χ4v) is 0.973. The SMILES string of the molecule is CCCCCCOC(=O)C(C)=CN=[N+]=[N-]. The summed E-state index contributed by atoms with van der Waals surface area (Å²) in [6, 6.07) is 0. The molecule has 0 aliphatic rings. The van der Waals surface area contributed by atoms with Crippen molar-refractivity contribution in [3.63, 3.8) is 0 Å². The van der Waals surface area contributed by atoms with Gasteiger partial charge in [-0.25, -0.2) is 4.79 Å². The number of carbonyl (C=O) groups excluding carboxylic acids is 1. The number of ether oxygens (including phenoxy) is 1. The van der Waals surface area contributed by atoms with Crippen molar-refractivity contribution in [3.8, 4) is 0 Å². The fourth-order valence-electron chi connectivity index (χ4n) is 0.973. The number of esters is 1. The van der Waals surface area contributed by atoms with E-state index in [-0.39, 0.29) is 0 Å². The molecule has 0 fully saturated rings. The van der Waals surface area contributed by atoms with Gasteiger partial charge >= 0.3 is 5.97 Å². The van der Waals surface area contributed by atoms with Crippen LogP contribution in [-0.4, -0.2) is 12.6 Å². The van der Waals surface area contributed by atoms with Gasteiger partial charge in [0.1, 0.15) is 0 Å². The van der Waals surface area contributed by atoms with Crippen LogP contribution in [0.3, 0.4) is 0 Å². The minimum absolute atomic E-state index is 0.322. The van der Waals surface area contributed by atoms with Gasteiger partial charge in [-0.05, 0) is 18.9 Å². The molecule has 5 heteroatoms. The molecule has 15 heavy (non-hydrogen) atoms. The van der Waals surface area contributed by atoms with E-state index < -0.39 is 5.97 Å². The van der Waals surface area contributed by atoms with Crippen LogP contribution in [0.5, 0.6) is 0 Å². The lowest BCUT2D eigenvalue weighted by atomic mass is 10.2. The number of rotatable bonds is 7. The van der Waals surface area contributed by atoms with Gasteiger partial charge in [0.25, 0.3) is 0 Å². The Labute approximate surface area is 89.7 Å². The Morgan fingerprint density at radius 2 is 2.20 bits per heavy atom. The smallest absolute Gasteiger partial charge is 0.333 e. The first kappa shape index (κ1) is 13.5. The van der Waals surface area contributed by atoms with E-state index in [4.69, 9.17) is 10.3 Å². The van der Waals surface area contributed by atoms with Gasteiger partial charge in [0.05, 0.1) is 6.61 Å². The van der Waals surface area contributed by atoms with Gasteiger partial charge in [-0.3, -0.25) is 0 Å². The Morgan fingerprint density at radius 3 is 2.80 bits per heavy atom. The summed E-state index contributed by atoms with van der Waals surface area (Å²) in [6.45, 7) is 4.11. The molecule has 0 N–H and O–H groups in total. The first-order valence-corrected chi connectivity index (χ1v) is 5.10. The number of azide groups is 1. The van der Waals surface area contributed by atoms with Crippen molar-refractivity contribution in [2.45, 2.75) is 39.5 Å². The molecule has 0 amide bonds. The van der Waals surface area contributed by atoms with E-state index in [1.165, 1.54) is 0 Å². The van der Waals surface area contributed by atoms with Gasteiger partial charge in [-0.2, -0.15) is 0 Å². The average molecular weight is 211 g/mol. The van der Waals surface area contributed by atoms with E-state index in [9.17, 15) is 4.79 Å². The molecule has 5 nitrogen and oxygen atoms in total. The van der Waals surface area contributed by atoms with Crippen LogP contribution in [0, 0.1) is 0 Å². The van der Waals surface area contributed by atoms with Crippen molar-refractivity contribution < 1.29 is 9.53 Å². The third-order valence-electron chi connectivity index (χ3n) is 1.86. The van der Waals surface area contributed by atoms with Crippen LogP contribution in [0.15, 0.2) is 16.9 Å². The van der Waals surface area contributed by atoms with E-state index in [1.54, 1.807) is 6.92 Å². The van der Waals surface area contributed by atoms with Gasteiger partial charge in [0.2, 0.25) is 0 Å². The highest BCUT2D eigenvalue weighted by molar-refractivity contribution is 5.87. The van der Waals surface area contributed by atoms with E-state index in [2.05, 4.69) is 16.9 Å². The molecular formula is C10H17N3O2. The highest BCUT2D eigenvalue weighted by atomic mass is 16.5. The first-order valence-electron chi connectivity index (χ1n) is 5.10. The van der Waals surface area contributed by atoms with E-state index in [1.807, 2.05) is 0 Å². The summed E-state index contributed by atoms with van der Waals surface area (Å²) in [6.07, 6.45) is 5.43. The molecular weight excluding hydrogens is 194 g/mol. The second-order valence-electron chi connectivity index (χ2n) is 3.21. The lowest BCUT2D eigenvalue weighted by Crippen LogP contribution is -2.06. The standard InChI is InChI=1S/C10H17N3O2/c1-3-4-5-6-7-15-10(14)9(2)8-12-13-11/h8H,3-7H2,1-2H3. The minimum atomic E-state index is -0.418. The summed E-state index contributed by atoms with van der Waals surface area (Å²) in [4.78, 5) is 13.7. The van der Waals surface area contributed by atoms with Gasteiger partial charge in [0, 0.05) is 16.7 Å². The van der Waals surface area contributed by atoms with E-state index >= 15 is 0 Å². The summed E-state index contributed by atoms with van der Waals surface area (Å²) in [7, 11) is 0. The molecule has 0 bridgehead atoms. The van der Waals surface area contributed by atoms with Crippen molar-refractivity contribution in [2.24, 2.45) is 5.11 Å². The first-order chi connectivity index (χ1) is 7.22.